The lowest BCUT2D eigenvalue weighted by atomic mass is 9.95. The topological polar surface area (TPSA) is 102 Å². The van der Waals surface area contributed by atoms with Crippen molar-refractivity contribution in [3.8, 4) is 11.5 Å². The Hall–Kier alpha value is -4.07. The van der Waals surface area contributed by atoms with Gasteiger partial charge >= 0.3 is 5.91 Å². The second-order valence-electron chi connectivity index (χ2n) is 7.93. The molecule has 1 fully saturated rings. The van der Waals surface area contributed by atoms with Crippen molar-refractivity contribution in [2.24, 2.45) is 0 Å². The van der Waals surface area contributed by atoms with Crippen molar-refractivity contribution in [3.63, 3.8) is 0 Å². The van der Waals surface area contributed by atoms with Gasteiger partial charge in [-0.2, -0.15) is 0 Å². The molecule has 1 amide bonds. The van der Waals surface area contributed by atoms with Crippen molar-refractivity contribution >= 4 is 23.3 Å². The number of ether oxygens (including phenoxy) is 2. The number of nitrogens with zero attached hydrogens (tertiary/aromatic N) is 2. The SMILES string of the molecule is COc1cccc([C@H]2/C(=C(\O)c3ccc(OC(C)C)cc3)C(=O)C(=O)N2c2cc(C)on2)c1. The van der Waals surface area contributed by atoms with Gasteiger partial charge in [0.05, 0.1) is 24.8 Å². The predicted octanol–water partition coefficient (Wildman–Crippen LogP) is 4.41. The fraction of sp³-hybridized carbons (Fsp3) is 0.240. The van der Waals surface area contributed by atoms with Gasteiger partial charge in [-0.3, -0.25) is 14.5 Å². The Labute approximate surface area is 191 Å². The highest BCUT2D eigenvalue weighted by Gasteiger charge is 2.48. The Morgan fingerprint density at radius 3 is 2.42 bits per heavy atom. The third-order valence-corrected chi connectivity index (χ3v) is 5.22. The van der Waals surface area contributed by atoms with Crippen LogP contribution in [0.3, 0.4) is 0 Å². The van der Waals surface area contributed by atoms with Crippen LogP contribution in [0.5, 0.6) is 11.5 Å². The van der Waals surface area contributed by atoms with E-state index in [1.807, 2.05) is 13.8 Å². The minimum Gasteiger partial charge on any atom is -0.507 e. The van der Waals surface area contributed by atoms with Crippen LogP contribution in [0.15, 0.2) is 64.7 Å². The summed E-state index contributed by atoms with van der Waals surface area (Å²) in [5.74, 6) is -0.0749. The quantitative estimate of drug-likeness (QED) is 0.339. The molecule has 0 radical (unpaired) electrons. The molecule has 1 aliphatic rings. The molecule has 1 aliphatic heterocycles. The number of methoxy groups -OCH3 is 1. The van der Waals surface area contributed by atoms with E-state index in [1.54, 1.807) is 61.5 Å². The van der Waals surface area contributed by atoms with E-state index in [9.17, 15) is 14.7 Å². The van der Waals surface area contributed by atoms with Gasteiger partial charge < -0.3 is 19.1 Å². The van der Waals surface area contributed by atoms with Crippen molar-refractivity contribution in [1.29, 1.82) is 0 Å². The number of benzene rings is 2. The Morgan fingerprint density at radius 1 is 1.09 bits per heavy atom. The molecule has 0 bridgehead atoms. The summed E-state index contributed by atoms with van der Waals surface area (Å²) in [6.45, 7) is 5.51. The van der Waals surface area contributed by atoms with Crippen LogP contribution in [0.1, 0.15) is 36.8 Å². The summed E-state index contributed by atoms with van der Waals surface area (Å²) in [5.41, 5.74) is 0.912. The fourth-order valence-corrected chi connectivity index (χ4v) is 3.78. The number of anilines is 1. The zero-order valence-corrected chi connectivity index (χ0v) is 18.7. The Kier molecular flexibility index (Phi) is 5.91. The van der Waals surface area contributed by atoms with Gasteiger partial charge in [0.2, 0.25) is 0 Å². The Bertz CT molecular complexity index is 1230. The van der Waals surface area contributed by atoms with E-state index in [-0.39, 0.29) is 23.3 Å². The van der Waals surface area contributed by atoms with E-state index in [2.05, 4.69) is 5.16 Å². The van der Waals surface area contributed by atoms with Crippen molar-refractivity contribution in [2.75, 3.05) is 12.0 Å². The standard InChI is InChI=1S/C25H24N2O6/c1-14(2)32-18-10-8-16(9-11-18)23(28)21-22(17-6-5-7-19(13-17)31-4)27(25(30)24(21)29)20-12-15(3)33-26-20/h5-14,22,28H,1-4H3/b23-21+/t22-/m0/s1. The summed E-state index contributed by atoms with van der Waals surface area (Å²) in [6, 6.07) is 14.3. The summed E-state index contributed by atoms with van der Waals surface area (Å²) in [4.78, 5) is 27.4. The molecule has 1 aromatic heterocycles. The largest absolute Gasteiger partial charge is 0.507 e. The van der Waals surface area contributed by atoms with Gasteiger partial charge in [0, 0.05) is 11.6 Å². The van der Waals surface area contributed by atoms with Gasteiger partial charge in [-0.05, 0) is 62.7 Å². The van der Waals surface area contributed by atoms with Crippen LogP contribution in [-0.4, -0.2) is 35.2 Å². The number of aliphatic hydroxyl groups excluding tert-OH is 1. The number of aliphatic hydroxyl groups is 1. The number of carbonyl (C=O) groups is 2. The van der Waals surface area contributed by atoms with Crippen molar-refractivity contribution in [2.45, 2.75) is 32.9 Å². The van der Waals surface area contributed by atoms with Crippen LogP contribution in [0.4, 0.5) is 5.82 Å². The lowest BCUT2D eigenvalue weighted by Gasteiger charge is -2.23. The highest BCUT2D eigenvalue weighted by Crippen LogP contribution is 2.42. The average molecular weight is 448 g/mol. The summed E-state index contributed by atoms with van der Waals surface area (Å²) in [5, 5.41) is 15.1. The highest BCUT2D eigenvalue weighted by atomic mass is 16.5. The van der Waals surface area contributed by atoms with E-state index >= 15 is 0 Å². The number of amides is 1. The lowest BCUT2D eigenvalue weighted by molar-refractivity contribution is -0.132. The lowest BCUT2D eigenvalue weighted by Crippen LogP contribution is -2.29. The first-order valence-corrected chi connectivity index (χ1v) is 10.5. The summed E-state index contributed by atoms with van der Waals surface area (Å²) < 4.78 is 16.1. The number of ketones is 1. The zero-order chi connectivity index (χ0) is 23.7. The first kappa shape index (κ1) is 22.1. The number of rotatable bonds is 6. The number of hydrogen-bond donors (Lipinski definition) is 1. The summed E-state index contributed by atoms with van der Waals surface area (Å²) >= 11 is 0. The minimum absolute atomic E-state index is 0.00579. The van der Waals surface area contributed by atoms with Crippen molar-refractivity contribution < 1.29 is 28.7 Å². The molecule has 1 atom stereocenters. The normalized spacial score (nSPS) is 17.6. The summed E-state index contributed by atoms with van der Waals surface area (Å²) in [6.07, 6.45) is -0.00579. The third kappa shape index (κ3) is 4.19. The van der Waals surface area contributed by atoms with Crippen molar-refractivity contribution in [1.82, 2.24) is 5.16 Å². The molecule has 0 aliphatic carbocycles. The molecule has 170 valence electrons. The second-order valence-corrected chi connectivity index (χ2v) is 7.93. The molecular weight excluding hydrogens is 424 g/mol. The Morgan fingerprint density at radius 2 is 1.82 bits per heavy atom. The van der Waals surface area contributed by atoms with Crippen LogP contribution in [0.25, 0.3) is 5.76 Å². The molecular formula is C25H24N2O6. The maximum absolute atomic E-state index is 13.1. The average Bonchev–Trinajstić information content (AvgIpc) is 3.34. The van der Waals surface area contributed by atoms with Crippen LogP contribution < -0.4 is 14.4 Å². The molecule has 8 heteroatoms. The highest BCUT2D eigenvalue weighted by molar-refractivity contribution is 6.51. The minimum atomic E-state index is -0.920. The van der Waals surface area contributed by atoms with Gasteiger partial charge in [0.15, 0.2) is 5.82 Å². The second kappa shape index (κ2) is 8.82. The number of Topliss-reactive ketones (excluding diaryl/α,β-unsaturated/α-hetero) is 1. The third-order valence-electron chi connectivity index (χ3n) is 5.22. The summed E-state index contributed by atoms with van der Waals surface area (Å²) in [7, 11) is 1.53. The number of aryl methyl sites for hydroxylation is 1. The molecule has 0 spiro atoms. The molecule has 8 nitrogen and oxygen atoms in total. The molecule has 33 heavy (non-hydrogen) atoms. The van der Waals surface area contributed by atoms with Crippen LogP contribution in [-0.2, 0) is 9.59 Å². The first-order chi connectivity index (χ1) is 15.8. The number of aromatic nitrogens is 1. The zero-order valence-electron chi connectivity index (χ0n) is 18.7. The molecule has 1 N–H and O–H groups in total. The van der Waals surface area contributed by atoms with E-state index in [0.29, 0.717) is 28.4 Å². The smallest absolute Gasteiger partial charge is 0.301 e. The van der Waals surface area contributed by atoms with Gasteiger partial charge in [-0.25, -0.2) is 0 Å². The molecule has 2 heterocycles. The molecule has 3 aromatic rings. The van der Waals surface area contributed by atoms with Gasteiger partial charge in [0.25, 0.3) is 5.78 Å². The monoisotopic (exact) mass is 448 g/mol. The Balaban J connectivity index is 1.87. The maximum atomic E-state index is 13.1. The molecule has 0 saturated carbocycles. The van der Waals surface area contributed by atoms with E-state index in [0.717, 1.165) is 0 Å². The van der Waals surface area contributed by atoms with Gasteiger partial charge in [0.1, 0.15) is 23.0 Å². The number of carbonyl (C=O) groups excluding carboxylic acids is 2. The van der Waals surface area contributed by atoms with Gasteiger partial charge in [-0.1, -0.05) is 17.3 Å². The molecule has 0 unspecified atom stereocenters. The van der Waals surface area contributed by atoms with E-state index in [4.69, 9.17) is 14.0 Å². The first-order valence-electron chi connectivity index (χ1n) is 10.5. The molecule has 1 saturated heterocycles. The van der Waals surface area contributed by atoms with E-state index in [1.165, 1.54) is 12.0 Å². The van der Waals surface area contributed by atoms with E-state index < -0.39 is 17.7 Å². The number of hydrogen-bond acceptors (Lipinski definition) is 7. The fourth-order valence-electron chi connectivity index (χ4n) is 3.78. The van der Waals surface area contributed by atoms with Crippen LogP contribution >= 0.6 is 0 Å². The molecule has 2 aromatic carbocycles. The van der Waals surface area contributed by atoms with Crippen molar-refractivity contribution in [3.05, 3.63) is 77.1 Å². The maximum Gasteiger partial charge on any atom is 0.301 e. The van der Waals surface area contributed by atoms with Crippen LogP contribution in [0, 0.1) is 6.92 Å². The van der Waals surface area contributed by atoms with Gasteiger partial charge in [-0.15, -0.1) is 0 Å². The predicted molar refractivity (Wildman–Crippen MR) is 121 cm³/mol. The molecule has 4 rings (SSSR count). The van der Waals surface area contributed by atoms with Crippen LogP contribution in [0.2, 0.25) is 0 Å².